The van der Waals surface area contributed by atoms with Crippen LogP contribution in [0.25, 0.3) is 11.5 Å². The van der Waals surface area contributed by atoms with Gasteiger partial charge in [-0.25, -0.2) is 4.79 Å². The van der Waals surface area contributed by atoms with Crippen LogP contribution in [0.15, 0.2) is 28.8 Å². The van der Waals surface area contributed by atoms with Gasteiger partial charge in [-0.15, -0.1) is 0 Å². The third kappa shape index (κ3) is 4.02. The number of anilines is 1. The van der Waals surface area contributed by atoms with E-state index in [0.717, 1.165) is 12.8 Å². The zero-order valence-electron chi connectivity index (χ0n) is 16.4. The number of methoxy groups -OCH3 is 1. The van der Waals surface area contributed by atoms with Gasteiger partial charge in [-0.3, -0.25) is 0 Å². The number of urea groups is 1. The maximum absolute atomic E-state index is 12.7. The van der Waals surface area contributed by atoms with Crippen LogP contribution in [0.4, 0.5) is 10.5 Å². The van der Waals surface area contributed by atoms with Gasteiger partial charge in [0.2, 0.25) is 0 Å². The summed E-state index contributed by atoms with van der Waals surface area (Å²) in [6.45, 7) is 0.276. The highest BCUT2D eigenvalue weighted by Gasteiger charge is 2.36. The largest absolute Gasteiger partial charge is 0.377 e. The molecule has 2 aliphatic rings. The number of fused-ring (bicyclic) bond motifs is 2. The minimum atomic E-state index is -0.197. The number of benzene rings is 1. The molecule has 3 heterocycles. The molecule has 0 saturated carbocycles. The topological polar surface area (TPSA) is 92.5 Å². The van der Waals surface area contributed by atoms with E-state index in [-0.39, 0.29) is 18.7 Å². The molecule has 28 heavy (non-hydrogen) atoms. The first kappa shape index (κ1) is 18.9. The van der Waals surface area contributed by atoms with Gasteiger partial charge in [0.15, 0.2) is 5.82 Å². The van der Waals surface area contributed by atoms with Crippen LogP contribution < -0.4 is 10.6 Å². The molecule has 1 aromatic carbocycles. The lowest BCUT2D eigenvalue weighted by Crippen LogP contribution is -2.55. The fourth-order valence-electron chi connectivity index (χ4n) is 4.41. The SMILES string of the molecule is COCc1noc(-c2ccccc2NC(=O)NC2C[C@H]3CCC[C@@H](C2)N3C)n1. The summed E-state index contributed by atoms with van der Waals surface area (Å²) >= 11 is 0. The van der Waals surface area contributed by atoms with Gasteiger partial charge < -0.3 is 24.8 Å². The van der Waals surface area contributed by atoms with E-state index in [2.05, 4.69) is 32.7 Å². The molecule has 0 radical (unpaired) electrons. The predicted octanol–water partition coefficient (Wildman–Crippen LogP) is 3.02. The molecule has 2 fully saturated rings. The van der Waals surface area contributed by atoms with Crippen LogP contribution in [-0.2, 0) is 11.3 Å². The van der Waals surface area contributed by atoms with E-state index in [1.165, 1.54) is 19.3 Å². The molecule has 3 atom stereocenters. The van der Waals surface area contributed by atoms with Crippen molar-refractivity contribution < 1.29 is 14.1 Å². The van der Waals surface area contributed by atoms with Crippen LogP contribution in [0.2, 0.25) is 0 Å². The Morgan fingerprint density at radius 1 is 1.29 bits per heavy atom. The summed E-state index contributed by atoms with van der Waals surface area (Å²) in [5.41, 5.74) is 1.33. The third-order valence-electron chi connectivity index (χ3n) is 5.82. The van der Waals surface area contributed by atoms with Crippen molar-refractivity contribution in [3.63, 3.8) is 0 Å². The second kappa shape index (κ2) is 8.28. The number of aromatic nitrogens is 2. The number of para-hydroxylation sites is 1. The molecule has 1 aromatic heterocycles. The van der Waals surface area contributed by atoms with Crippen molar-refractivity contribution in [2.45, 2.75) is 56.8 Å². The lowest BCUT2D eigenvalue weighted by atomic mass is 9.82. The number of nitrogens with one attached hydrogen (secondary N) is 2. The van der Waals surface area contributed by atoms with Gasteiger partial charge in [-0.2, -0.15) is 4.98 Å². The van der Waals surface area contributed by atoms with Gasteiger partial charge >= 0.3 is 6.03 Å². The van der Waals surface area contributed by atoms with E-state index in [0.29, 0.717) is 35.0 Å². The van der Waals surface area contributed by atoms with E-state index in [1.807, 2.05) is 24.3 Å². The minimum Gasteiger partial charge on any atom is -0.377 e. The van der Waals surface area contributed by atoms with Gasteiger partial charge in [0, 0.05) is 25.2 Å². The molecule has 2 amide bonds. The Labute approximate surface area is 164 Å². The lowest BCUT2D eigenvalue weighted by molar-refractivity contribution is 0.0513. The summed E-state index contributed by atoms with van der Waals surface area (Å²) in [7, 11) is 3.79. The molecular weight excluding hydrogens is 358 g/mol. The van der Waals surface area contributed by atoms with Crippen molar-refractivity contribution in [3.8, 4) is 11.5 Å². The number of hydrogen-bond donors (Lipinski definition) is 2. The molecule has 8 heteroatoms. The van der Waals surface area contributed by atoms with E-state index in [4.69, 9.17) is 9.26 Å². The van der Waals surface area contributed by atoms with Crippen molar-refractivity contribution in [1.29, 1.82) is 0 Å². The van der Waals surface area contributed by atoms with Gasteiger partial charge in [0.25, 0.3) is 5.89 Å². The number of hydrogen-bond acceptors (Lipinski definition) is 6. The second-order valence-corrected chi connectivity index (χ2v) is 7.67. The Bertz CT molecular complexity index is 810. The molecular formula is C20H27N5O3. The Morgan fingerprint density at radius 2 is 2.04 bits per heavy atom. The zero-order valence-corrected chi connectivity index (χ0v) is 16.4. The average Bonchev–Trinajstić information content (AvgIpc) is 3.12. The number of rotatable bonds is 5. The van der Waals surface area contributed by atoms with Crippen molar-refractivity contribution in [2.24, 2.45) is 0 Å². The first-order valence-corrected chi connectivity index (χ1v) is 9.84. The Kier molecular flexibility index (Phi) is 5.59. The molecule has 150 valence electrons. The van der Waals surface area contributed by atoms with Gasteiger partial charge in [0.05, 0.1) is 11.3 Å². The number of ether oxygens (including phenoxy) is 1. The van der Waals surface area contributed by atoms with Crippen LogP contribution in [-0.4, -0.2) is 53.4 Å². The van der Waals surface area contributed by atoms with Gasteiger partial charge in [-0.05, 0) is 44.9 Å². The fourth-order valence-corrected chi connectivity index (χ4v) is 4.41. The number of piperidine rings is 2. The minimum absolute atomic E-state index is 0.197. The molecule has 0 spiro atoms. The smallest absolute Gasteiger partial charge is 0.319 e. The second-order valence-electron chi connectivity index (χ2n) is 7.67. The van der Waals surface area contributed by atoms with Crippen LogP contribution in [0.1, 0.15) is 37.9 Å². The van der Waals surface area contributed by atoms with Crippen molar-refractivity contribution >= 4 is 11.7 Å². The third-order valence-corrected chi connectivity index (χ3v) is 5.82. The zero-order chi connectivity index (χ0) is 19.5. The summed E-state index contributed by atoms with van der Waals surface area (Å²) in [4.78, 5) is 19.5. The first-order chi connectivity index (χ1) is 13.6. The quantitative estimate of drug-likeness (QED) is 0.822. The number of carbonyl (C=O) groups excluding carboxylic acids is 1. The van der Waals surface area contributed by atoms with E-state index >= 15 is 0 Å². The molecule has 2 bridgehead atoms. The van der Waals surface area contributed by atoms with Crippen molar-refractivity contribution in [3.05, 3.63) is 30.1 Å². The summed E-state index contributed by atoms with van der Waals surface area (Å²) < 4.78 is 10.3. The summed E-state index contributed by atoms with van der Waals surface area (Å²) in [6.07, 6.45) is 5.74. The Morgan fingerprint density at radius 3 is 2.79 bits per heavy atom. The van der Waals surface area contributed by atoms with E-state index < -0.39 is 0 Å². The number of carbonyl (C=O) groups is 1. The monoisotopic (exact) mass is 385 g/mol. The highest BCUT2D eigenvalue weighted by molar-refractivity contribution is 5.93. The molecule has 4 rings (SSSR count). The molecule has 2 aliphatic heterocycles. The van der Waals surface area contributed by atoms with Gasteiger partial charge in [-0.1, -0.05) is 23.7 Å². The molecule has 2 saturated heterocycles. The Balaban J connectivity index is 1.42. The van der Waals surface area contributed by atoms with Crippen LogP contribution in [0.3, 0.4) is 0 Å². The highest BCUT2D eigenvalue weighted by atomic mass is 16.5. The van der Waals surface area contributed by atoms with Crippen LogP contribution >= 0.6 is 0 Å². The first-order valence-electron chi connectivity index (χ1n) is 9.84. The summed E-state index contributed by atoms with van der Waals surface area (Å²) in [6, 6.07) is 8.57. The lowest BCUT2D eigenvalue weighted by Gasteiger charge is -2.47. The molecule has 2 N–H and O–H groups in total. The van der Waals surface area contributed by atoms with E-state index in [9.17, 15) is 4.79 Å². The Hall–Kier alpha value is -2.45. The van der Waals surface area contributed by atoms with Crippen molar-refractivity contribution in [2.75, 3.05) is 19.5 Å². The van der Waals surface area contributed by atoms with Crippen molar-refractivity contribution in [1.82, 2.24) is 20.4 Å². The fraction of sp³-hybridized carbons (Fsp3) is 0.550. The van der Waals surface area contributed by atoms with Crippen LogP contribution in [0, 0.1) is 0 Å². The standard InChI is InChI=1S/C20H27N5O3/c1-25-14-6-5-7-15(25)11-13(10-14)21-20(26)22-17-9-4-3-8-16(17)19-23-18(12-27-2)24-28-19/h3-4,8-9,13-15H,5-7,10-12H2,1-2H3,(H2,21,22,26)/t13?,14-,15+. The summed E-state index contributed by atoms with van der Waals surface area (Å²) in [5, 5.41) is 10.0. The molecule has 0 aliphatic carbocycles. The molecule has 2 aromatic rings. The normalized spacial score (nSPS) is 24.7. The highest BCUT2D eigenvalue weighted by Crippen LogP contribution is 2.33. The maximum Gasteiger partial charge on any atom is 0.319 e. The summed E-state index contributed by atoms with van der Waals surface area (Å²) in [5.74, 6) is 0.825. The van der Waals surface area contributed by atoms with Gasteiger partial charge in [0.1, 0.15) is 6.61 Å². The molecule has 8 nitrogen and oxygen atoms in total. The molecule has 1 unspecified atom stereocenters. The number of amides is 2. The van der Waals surface area contributed by atoms with E-state index in [1.54, 1.807) is 7.11 Å². The predicted molar refractivity (Wildman–Crippen MR) is 105 cm³/mol. The average molecular weight is 385 g/mol. The number of nitrogens with zero attached hydrogens (tertiary/aromatic N) is 3. The maximum atomic E-state index is 12.7. The van der Waals surface area contributed by atoms with Crippen LogP contribution in [0.5, 0.6) is 0 Å².